The van der Waals surface area contributed by atoms with Crippen LogP contribution in [0.2, 0.25) is 0 Å². The average molecular weight is 613 g/mol. The molecule has 5 atom stereocenters. The molecule has 234 valence electrons. The van der Waals surface area contributed by atoms with Crippen molar-refractivity contribution in [2.45, 2.75) is 43.5 Å². The summed E-state index contributed by atoms with van der Waals surface area (Å²) in [7, 11) is 1.37. The van der Waals surface area contributed by atoms with E-state index in [2.05, 4.69) is 0 Å². The van der Waals surface area contributed by atoms with E-state index in [1.807, 2.05) is 0 Å². The number of rotatable bonds is 11. The number of hydrogen-bond acceptors (Lipinski definition) is 13. The number of carbonyl (C=O) groups is 2. The summed E-state index contributed by atoms with van der Waals surface area (Å²) < 4.78 is 21.1. The van der Waals surface area contributed by atoms with Crippen molar-refractivity contribution >= 4 is 17.8 Å². The van der Waals surface area contributed by atoms with E-state index in [0.29, 0.717) is 5.56 Å². The summed E-state index contributed by atoms with van der Waals surface area (Å²) in [5, 5.41) is 71.1. The van der Waals surface area contributed by atoms with E-state index >= 15 is 0 Å². The van der Waals surface area contributed by atoms with Gasteiger partial charge in [-0.25, -0.2) is 4.79 Å². The normalized spacial score (nSPS) is 21.6. The third kappa shape index (κ3) is 7.76. The molecule has 1 fully saturated rings. The van der Waals surface area contributed by atoms with Crippen molar-refractivity contribution in [2.24, 2.45) is 0 Å². The van der Waals surface area contributed by atoms with Gasteiger partial charge in [0, 0.05) is 24.6 Å². The highest BCUT2D eigenvalue weighted by Gasteiger charge is 2.45. The molecule has 0 saturated carbocycles. The van der Waals surface area contributed by atoms with Gasteiger partial charge in [0.15, 0.2) is 17.3 Å². The molecule has 3 aromatic carbocycles. The van der Waals surface area contributed by atoms with Crippen molar-refractivity contribution in [2.75, 3.05) is 13.7 Å². The van der Waals surface area contributed by atoms with Crippen molar-refractivity contribution in [3.05, 3.63) is 77.4 Å². The first-order valence-electron chi connectivity index (χ1n) is 13.4. The molecule has 1 heterocycles. The summed E-state index contributed by atoms with van der Waals surface area (Å²) in [6.45, 7) is -0.544. The fraction of sp³-hybridized carbons (Fsp3) is 0.290. The zero-order valence-corrected chi connectivity index (χ0v) is 23.4. The summed E-state index contributed by atoms with van der Waals surface area (Å²) >= 11 is 0. The van der Waals surface area contributed by atoms with Crippen LogP contribution in [0.25, 0.3) is 6.08 Å². The maximum absolute atomic E-state index is 12.7. The predicted molar refractivity (Wildman–Crippen MR) is 152 cm³/mol. The van der Waals surface area contributed by atoms with E-state index in [4.69, 9.17) is 18.9 Å². The minimum atomic E-state index is -1.78. The van der Waals surface area contributed by atoms with Gasteiger partial charge in [-0.3, -0.25) is 4.79 Å². The smallest absolute Gasteiger partial charge is 0.330 e. The monoisotopic (exact) mass is 612 g/mol. The van der Waals surface area contributed by atoms with E-state index in [-0.39, 0.29) is 41.4 Å². The van der Waals surface area contributed by atoms with Crippen LogP contribution < -0.4 is 9.47 Å². The molecule has 1 saturated heterocycles. The number of hydrogen-bond donors (Lipinski definition) is 7. The number of carbonyl (C=O) groups excluding carboxylic acids is 2. The summed E-state index contributed by atoms with van der Waals surface area (Å²) in [4.78, 5) is 24.9. The van der Waals surface area contributed by atoms with Crippen LogP contribution in [0.4, 0.5) is 0 Å². The summed E-state index contributed by atoms with van der Waals surface area (Å²) in [6.07, 6.45) is -5.49. The van der Waals surface area contributed by atoms with Crippen LogP contribution in [0.3, 0.4) is 0 Å². The molecule has 13 nitrogen and oxygen atoms in total. The van der Waals surface area contributed by atoms with E-state index in [1.54, 1.807) is 12.1 Å². The zero-order valence-electron chi connectivity index (χ0n) is 23.4. The molecule has 44 heavy (non-hydrogen) atoms. The predicted octanol–water partition coefficient (Wildman–Crippen LogP) is 1.78. The number of aromatic hydroxyl groups is 4. The Morgan fingerprint density at radius 1 is 0.864 bits per heavy atom. The lowest BCUT2D eigenvalue weighted by molar-refractivity contribution is -0.278. The van der Waals surface area contributed by atoms with Gasteiger partial charge in [0.25, 0.3) is 0 Å². The summed E-state index contributed by atoms with van der Waals surface area (Å²) in [6, 6.07) is 12.7. The molecule has 1 aliphatic heterocycles. The second kappa shape index (κ2) is 14.1. The second-order valence-corrected chi connectivity index (χ2v) is 9.95. The molecule has 0 unspecified atom stereocenters. The number of methoxy groups -OCH3 is 1. The van der Waals surface area contributed by atoms with Gasteiger partial charge in [0.05, 0.1) is 7.11 Å². The van der Waals surface area contributed by atoms with Crippen molar-refractivity contribution in [1.29, 1.82) is 0 Å². The topological polar surface area (TPSA) is 213 Å². The van der Waals surface area contributed by atoms with Crippen LogP contribution in [0.5, 0.6) is 34.5 Å². The second-order valence-electron chi connectivity index (χ2n) is 9.95. The Morgan fingerprint density at radius 3 is 2.20 bits per heavy atom. The lowest BCUT2D eigenvalue weighted by Crippen LogP contribution is -2.60. The number of aliphatic hydroxyl groups is 3. The van der Waals surface area contributed by atoms with Crippen molar-refractivity contribution < 1.29 is 64.3 Å². The Hall–Kier alpha value is -4.82. The molecule has 3 aromatic rings. The van der Waals surface area contributed by atoms with Gasteiger partial charge in [-0.1, -0.05) is 18.2 Å². The van der Waals surface area contributed by atoms with Crippen molar-refractivity contribution in [1.82, 2.24) is 0 Å². The van der Waals surface area contributed by atoms with E-state index in [9.17, 15) is 45.3 Å². The number of phenols is 4. The molecular weight excluding hydrogens is 580 g/mol. The molecular formula is C31H32O13. The Balaban J connectivity index is 1.37. The lowest BCUT2D eigenvalue weighted by atomic mass is 9.99. The van der Waals surface area contributed by atoms with Gasteiger partial charge in [0.2, 0.25) is 6.29 Å². The third-order valence-corrected chi connectivity index (χ3v) is 6.85. The van der Waals surface area contributed by atoms with Gasteiger partial charge < -0.3 is 54.7 Å². The number of Topliss-reactive ketones (excluding diaryl/α,β-unsaturated/α-hetero) is 1. The highest BCUT2D eigenvalue weighted by Crippen LogP contribution is 2.35. The number of esters is 1. The fourth-order valence-electron chi connectivity index (χ4n) is 4.45. The van der Waals surface area contributed by atoms with Crippen LogP contribution >= 0.6 is 0 Å². The van der Waals surface area contributed by atoms with Crippen LogP contribution in [0, 0.1) is 0 Å². The number of aryl methyl sites for hydroxylation is 1. The van der Waals surface area contributed by atoms with Gasteiger partial charge >= 0.3 is 5.97 Å². The maximum atomic E-state index is 12.7. The van der Waals surface area contributed by atoms with Crippen molar-refractivity contribution in [3.63, 3.8) is 0 Å². The number of aliphatic hydroxyl groups excluding tert-OH is 3. The molecule has 0 bridgehead atoms. The van der Waals surface area contributed by atoms with Crippen molar-refractivity contribution in [3.8, 4) is 34.5 Å². The van der Waals surface area contributed by atoms with Crippen LogP contribution in [0.15, 0.2) is 60.7 Å². The largest absolute Gasteiger partial charge is 0.508 e. The van der Waals surface area contributed by atoms with Crippen LogP contribution in [-0.2, 0) is 20.7 Å². The highest BCUT2D eigenvalue weighted by molar-refractivity contribution is 6.01. The molecule has 0 radical (unpaired) electrons. The number of phenolic OH excluding ortho intramolecular Hbond substituents is 4. The van der Waals surface area contributed by atoms with Gasteiger partial charge in [0.1, 0.15) is 59.6 Å². The van der Waals surface area contributed by atoms with E-state index in [0.717, 1.165) is 23.8 Å². The quantitative estimate of drug-likeness (QED) is 0.0936. The first-order chi connectivity index (χ1) is 21.0. The molecule has 0 aliphatic carbocycles. The third-order valence-electron chi connectivity index (χ3n) is 6.85. The maximum Gasteiger partial charge on any atom is 0.330 e. The first kappa shape index (κ1) is 32.1. The first-order valence-corrected chi connectivity index (χ1v) is 13.4. The van der Waals surface area contributed by atoms with E-state index < -0.39 is 60.6 Å². The highest BCUT2D eigenvalue weighted by atomic mass is 16.7. The minimum Gasteiger partial charge on any atom is -0.508 e. The van der Waals surface area contributed by atoms with Gasteiger partial charge in [-0.05, 0) is 47.9 Å². The van der Waals surface area contributed by atoms with Gasteiger partial charge in [-0.2, -0.15) is 0 Å². The lowest BCUT2D eigenvalue weighted by Gasteiger charge is -2.39. The SMILES string of the molecule is COc1cc(/C=C/C(=O)OC[C@H]2O[C@@H](Oc3cc(O)c(C(=O)CCc4ccc(O)cc4)c(O)c3)[C@H](O)[C@@H](O)[C@@H]2O)ccc1O. The molecule has 0 spiro atoms. The molecule has 0 amide bonds. The Morgan fingerprint density at radius 2 is 1.55 bits per heavy atom. The van der Waals surface area contributed by atoms with Crippen LogP contribution in [-0.4, -0.2) is 91.9 Å². The minimum absolute atomic E-state index is 0.0562. The standard InChI is InChI=1S/C31H32O13/c1-41-24-12-17(5-9-20(24)33)6-11-26(37)42-15-25-28(38)29(39)30(40)31(44-25)43-19-13-22(35)27(23(36)14-19)21(34)10-4-16-2-7-18(32)8-3-16/h2-3,5-9,11-14,25,28-33,35-36,38-40H,4,10,15H2,1H3/b11-6+/t25-,28-,29+,30-,31-/m1/s1. The van der Waals surface area contributed by atoms with Crippen LogP contribution in [0.1, 0.15) is 27.9 Å². The Kier molecular flexibility index (Phi) is 10.3. The molecule has 7 N–H and O–H groups in total. The zero-order chi connectivity index (χ0) is 32.0. The fourth-order valence-corrected chi connectivity index (χ4v) is 4.45. The molecule has 4 rings (SSSR count). The molecule has 0 aromatic heterocycles. The van der Waals surface area contributed by atoms with E-state index in [1.165, 1.54) is 43.5 Å². The number of ether oxygens (including phenoxy) is 4. The number of benzene rings is 3. The summed E-state index contributed by atoms with van der Waals surface area (Å²) in [5.74, 6) is -2.63. The van der Waals surface area contributed by atoms with Gasteiger partial charge in [-0.15, -0.1) is 0 Å². The Labute approximate surface area is 251 Å². The number of ketones is 1. The molecule has 1 aliphatic rings. The molecule has 13 heteroatoms. The average Bonchev–Trinajstić information content (AvgIpc) is 2.99. The Bertz CT molecular complexity index is 1480. The summed E-state index contributed by atoms with van der Waals surface area (Å²) in [5.41, 5.74) is 0.933.